The zero-order valence-corrected chi connectivity index (χ0v) is 12.9. The van der Waals surface area contributed by atoms with Gasteiger partial charge in [0, 0.05) is 12.6 Å². The van der Waals surface area contributed by atoms with Crippen molar-refractivity contribution in [2.75, 3.05) is 6.54 Å². The molecule has 1 aliphatic heterocycles. The molecule has 2 fully saturated rings. The fraction of sp³-hybridized carbons (Fsp3) is 0.533. The minimum absolute atomic E-state index is 0.146. The quantitative estimate of drug-likeness (QED) is 0.915. The number of carbonyl (C=O) groups excluding carboxylic acids is 1. The van der Waals surface area contributed by atoms with Crippen LogP contribution in [0.25, 0.3) is 0 Å². The molecule has 1 aliphatic carbocycles. The summed E-state index contributed by atoms with van der Waals surface area (Å²) in [6, 6.07) is 6.61. The van der Waals surface area contributed by atoms with Crippen molar-refractivity contribution >= 4 is 15.9 Å². The molecule has 0 spiro atoms. The van der Waals surface area contributed by atoms with Crippen molar-refractivity contribution in [2.24, 2.45) is 0 Å². The summed E-state index contributed by atoms with van der Waals surface area (Å²) >= 11 is 0. The molecule has 0 bridgehead atoms. The van der Waals surface area contributed by atoms with E-state index in [1.165, 1.54) is 4.31 Å². The predicted octanol–water partition coefficient (Wildman–Crippen LogP) is 1.43. The Kier molecular flexibility index (Phi) is 3.75. The Morgan fingerprint density at radius 2 is 1.95 bits per heavy atom. The second-order valence-electron chi connectivity index (χ2n) is 5.82. The number of benzene rings is 1. The predicted molar refractivity (Wildman–Crippen MR) is 79.3 cm³/mol. The van der Waals surface area contributed by atoms with Crippen LogP contribution < -0.4 is 5.32 Å². The first kappa shape index (κ1) is 14.5. The average Bonchev–Trinajstić information content (AvgIpc) is 3.10. The molecule has 1 saturated carbocycles. The van der Waals surface area contributed by atoms with Crippen LogP contribution in [-0.4, -0.2) is 37.3 Å². The van der Waals surface area contributed by atoms with Crippen molar-refractivity contribution in [1.29, 1.82) is 0 Å². The van der Waals surface area contributed by atoms with Crippen molar-refractivity contribution in [2.45, 2.75) is 49.6 Å². The van der Waals surface area contributed by atoms with E-state index in [2.05, 4.69) is 5.32 Å². The van der Waals surface area contributed by atoms with Crippen LogP contribution in [0.4, 0.5) is 0 Å². The van der Waals surface area contributed by atoms with Gasteiger partial charge in [0.15, 0.2) is 0 Å². The summed E-state index contributed by atoms with van der Waals surface area (Å²) in [6.07, 6.45) is 3.34. The summed E-state index contributed by atoms with van der Waals surface area (Å²) in [7, 11) is -3.61. The van der Waals surface area contributed by atoms with E-state index in [1.807, 2.05) is 6.07 Å². The van der Waals surface area contributed by atoms with E-state index in [1.54, 1.807) is 25.1 Å². The first-order valence-corrected chi connectivity index (χ1v) is 8.82. The van der Waals surface area contributed by atoms with E-state index in [-0.39, 0.29) is 11.9 Å². The van der Waals surface area contributed by atoms with Crippen LogP contribution in [0.1, 0.15) is 31.2 Å². The Bertz CT molecular complexity index is 653. The Morgan fingerprint density at radius 3 is 2.62 bits per heavy atom. The van der Waals surface area contributed by atoms with Crippen LogP contribution in [0, 0.1) is 6.92 Å². The third kappa shape index (κ3) is 2.82. The zero-order chi connectivity index (χ0) is 15.0. The maximum Gasteiger partial charge on any atom is 0.244 e. The fourth-order valence-electron chi connectivity index (χ4n) is 2.79. The molecule has 1 heterocycles. The summed E-state index contributed by atoms with van der Waals surface area (Å²) in [5.74, 6) is -0.146. The molecule has 1 N–H and O–H groups in total. The minimum Gasteiger partial charge on any atom is -0.352 e. The number of sulfonamides is 1. The fourth-order valence-corrected chi connectivity index (χ4v) is 4.67. The average molecular weight is 308 g/mol. The van der Waals surface area contributed by atoms with Gasteiger partial charge in [-0.3, -0.25) is 4.79 Å². The van der Waals surface area contributed by atoms with Crippen molar-refractivity contribution < 1.29 is 13.2 Å². The molecule has 21 heavy (non-hydrogen) atoms. The van der Waals surface area contributed by atoms with Gasteiger partial charge in [0.2, 0.25) is 15.9 Å². The maximum absolute atomic E-state index is 12.8. The second kappa shape index (κ2) is 5.42. The van der Waals surface area contributed by atoms with Crippen molar-refractivity contribution in [3.05, 3.63) is 29.8 Å². The van der Waals surface area contributed by atoms with Crippen molar-refractivity contribution in [1.82, 2.24) is 9.62 Å². The summed E-state index contributed by atoms with van der Waals surface area (Å²) in [6.45, 7) is 2.20. The van der Waals surface area contributed by atoms with Gasteiger partial charge in [-0.1, -0.05) is 18.2 Å². The molecule has 3 rings (SSSR count). The Hall–Kier alpha value is -1.40. The van der Waals surface area contributed by atoms with Gasteiger partial charge in [-0.05, 0) is 44.2 Å². The highest BCUT2D eigenvalue weighted by molar-refractivity contribution is 7.89. The number of nitrogens with zero attached hydrogens (tertiary/aromatic N) is 1. The molecule has 1 aromatic carbocycles. The maximum atomic E-state index is 12.8. The molecule has 1 saturated heterocycles. The first-order valence-electron chi connectivity index (χ1n) is 7.38. The van der Waals surface area contributed by atoms with Crippen molar-refractivity contribution in [3.63, 3.8) is 0 Å². The van der Waals surface area contributed by atoms with Crippen LogP contribution in [0.3, 0.4) is 0 Å². The van der Waals surface area contributed by atoms with Gasteiger partial charge in [0.05, 0.1) is 4.90 Å². The highest BCUT2D eigenvalue weighted by atomic mass is 32.2. The molecule has 5 nitrogen and oxygen atoms in total. The number of aryl methyl sites for hydroxylation is 1. The molecule has 114 valence electrons. The van der Waals surface area contributed by atoms with Crippen LogP contribution in [0.5, 0.6) is 0 Å². The largest absolute Gasteiger partial charge is 0.352 e. The highest BCUT2D eigenvalue weighted by Crippen LogP contribution is 2.28. The number of nitrogens with one attached hydrogen (secondary N) is 1. The van der Waals surface area contributed by atoms with E-state index in [0.717, 1.165) is 19.3 Å². The number of amides is 1. The van der Waals surface area contributed by atoms with Crippen LogP contribution >= 0.6 is 0 Å². The van der Waals surface area contributed by atoms with E-state index in [0.29, 0.717) is 23.4 Å². The lowest BCUT2D eigenvalue weighted by Crippen LogP contribution is -2.46. The first-order chi connectivity index (χ1) is 10.00. The topological polar surface area (TPSA) is 66.5 Å². The molecule has 0 aromatic heterocycles. The van der Waals surface area contributed by atoms with E-state index in [9.17, 15) is 13.2 Å². The third-order valence-corrected chi connectivity index (χ3v) is 6.18. The summed E-state index contributed by atoms with van der Waals surface area (Å²) in [5.41, 5.74) is 0.714. The van der Waals surface area contributed by atoms with E-state index >= 15 is 0 Å². The lowest BCUT2D eigenvalue weighted by Gasteiger charge is -2.24. The number of rotatable bonds is 4. The Morgan fingerprint density at radius 1 is 1.24 bits per heavy atom. The smallest absolute Gasteiger partial charge is 0.244 e. The van der Waals surface area contributed by atoms with Gasteiger partial charge in [0.25, 0.3) is 0 Å². The minimum atomic E-state index is -3.61. The van der Waals surface area contributed by atoms with Gasteiger partial charge in [0.1, 0.15) is 6.04 Å². The number of hydrogen-bond donors (Lipinski definition) is 1. The molecule has 1 atom stereocenters. The Labute approximate surface area is 125 Å². The van der Waals surface area contributed by atoms with Gasteiger partial charge in [-0.25, -0.2) is 8.42 Å². The zero-order valence-electron chi connectivity index (χ0n) is 12.1. The second-order valence-corrected chi connectivity index (χ2v) is 7.68. The molecular weight excluding hydrogens is 288 g/mol. The molecule has 0 radical (unpaired) electrons. The van der Waals surface area contributed by atoms with Crippen LogP contribution in [0.15, 0.2) is 29.2 Å². The van der Waals surface area contributed by atoms with Gasteiger partial charge in [-0.15, -0.1) is 0 Å². The lowest BCUT2D eigenvalue weighted by atomic mass is 10.2. The van der Waals surface area contributed by atoms with Gasteiger partial charge >= 0.3 is 0 Å². The molecule has 1 amide bonds. The molecule has 1 aromatic rings. The number of carbonyl (C=O) groups is 1. The van der Waals surface area contributed by atoms with Crippen LogP contribution in [0.2, 0.25) is 0 Å². The summed E-state index contributed by atoms with van der Waals surface area (Å²) in [5, 5.41) is 2.92. The van der Waals surface area contributed by atoms with Crippen molar-refractivity contribution in [3.8, 4) is 0 Å². The number of hydrogen-bond acceptors (Lipinski definition) is 3. The normalized spacial score (nSPS) is 23.2. The van der Waals surface area contributed by atoms with Gasteiger partial charge < -0.3 is 5.32 Å². The van der Waals surface area contributed by atoms with E-state index < -0.39 is 16.1 Å². The SMILES string of the molecule is Cc1ccccc1S(=O)(=O)N1CCCC1C(=O)NC1CC1. The van der Waals surface area contributed by atoms with Gasteiger partial charge in [-0.2, -0.15) is 4.31 Å². The summed E-state index contributed by atoms with van der Waals surface area (Å²) in [4.78, 5) is 12.6. The molecular formula is C15H20N2O3S. The highest BCUT2D eigenvalue weighted by Gasteiger charge is 2.41. The monoisotopic (exact) mass is 308 g/mol. The standard InChI is InChI=1S/C15H20N2O3S/c1-11-5-2-3-7-14(11)21(19,20)17-10-4-6-13(17)15(18)16-12-8-9-12/h2-3,5,7,12-13H,4,6,8-10H2,1H3,(H,16,18). The van der Waals surface area contributed by atoms with Crippen LogP contribution in [-0.2, 0) is 14.8 Å². The molecule has 2 aliphatic rings. The lowest BCUT2D eigenvalue weighted by molar-refractivity contribution is -0.124. The third-order valence-electron chi connectivity index (χ3n) is 4.11. The Balaban J connectivity index is 1.86. The van der Waals surface area contributed by atoms with E-state index in [4.69, 9.17) is 0 Å². The summed E-state index contributed by atoms with van der Waals surface area (Å²) < 4.78 is 27.0. The molecule has 1 unspecified atom stereocenters. The molecule has 6 heteroatoms.